The Morgan fingerprint density at radius 2 is 2.00 bits per heavy atom. The molecule has 0 aromatic carbocycles. The summed E-state index contributed by atoms with van der Waals surface area (Å²) in [6.07, 6.45) is 3.38. The van der Waals surface area contributed by atoms with Crippen molar-refractivity contribution in [3.05, 3.63) is 12.7 Å². The van der Waals surface area contributed by atoms with Crippen LogP contribution in [0.3, 0.4) is 0 Å². The Balaban J connectivity index is 4.37. The molecule has 0 rings (SSSR count). The largest absolute Gasteiger partial charge is 0.461 e. The molecule has 98 valence electrons. The number of carbonyl (C=O) groups is 2. The molecule has 3 nitrogen and oxygen atoms in total. The number of carbonyl (C=O) groups excluding carboxylic acids is 2. The van der Waals surface area contributed by atoms with Gasteiger partial charge in [-0.3, -0.25) is 9.59 Å². The molecule has 0 radical (unpaired) electrons. The molecule has 0 aliphatic heterocycles. The van der Waals surface area contributed by atoms with Gasteiger partial charge in [0.05, 0.1) is 0 Å². The summed E-state index contributed by atoms with van der Waals surface area (Å²) in [5.74, 6) is -0.244. The molecule has 0 aliphatic carbocycles. The van der Waals surface area contributed by atoms with Crippen molar-refractivity contribution in [1.29, 1.82) is 0 Å². The van der Waals surface area contributed by atoms with E-state index in [1.807, 2.05) is 13.8 Å². The smallest absolute Gasteiger partial charge is 0.313 e. The second kappa shape index (κ2) is 7.25. The topological polar surface area (TPSA) is 43.4 Å². The second-order valence-corrected chi connectivity index (χ2v) is 4.98. The van der Waals surface area contributed by atoms with Crippen molar-refractivity contribution in [2.75, 3.05) is 6.61 Å². The molecule has 0 saturated carbocycles. The van der Waals surface area contributed by atoms with Gasteiger partial charge in [0.25, 0.3) is 0 Å². The zero-order valence-corrected chi connectivity index (χ0v) is 11.4. The van der Waals surface area contributed by atoms with Crippen molar-refractivity contribution >= 4 is 11.8 Å². The van der Waals surface area contributed by atoms with Gasteiger partial charge in [0.1, 0.15) is 18.8 Å². The molecule has 0 fully saturated rings. The molecule has 1 atom stereocenters. The molecule has 0 aromatic rings. The number of hydrogen-bond donors (Lipinski definition) is 0. The Hall–Kier alpha value is -1.12. The fourth-order valence-electron chi connectivity index (χ4n) is 1.63. The van der Waals surface area contributed by atoms with Gasteiger partial charge in [-0.05, 0) is 5.92 Å². The van der Waals surface area contributed by atoms with Gasteiger partial charge < -0.3 is 4.74 Å². The van der Waals surface area contributed by atoms with Crippen LogP contribution >= 0.6 is 0 Å². The Labute approximate surface area is 104 Å². The van der Waals surface area contributed by atoms with E-state index in [-0.39, 0.29) is 24.7 Å². The fourth-order valence-corrected chi connectivity index (χ4v) is 1.63. The van der Waals surface area contributed by atoms with E-state index in [1.54, 1.807) is 0 Å². The van der Waals surface area contributed by atoms with Gasteiger partial charge in [0.15, 0.2) is 0 Å². The van der Waals surface area contributed by atoms with Crippen molar-refractivity contribution in [3.8, 4) is 0 Å². The molecule has 0 aromatic heterocycles. The summed E-state index contributed by atoms with van der Waals surface area (Å²) in [5.41, 5.74) is -0.469. The van der Waals surface area contributed by atoms with Crippen LogP contribution in [0, 0.1) is 11.3 Å². The van der Waals surface area contributed by atoms with Crippen molar-refractivity contribution in [3.63, 3.8) is 0 Å². The number of ketones is 1. The normalized spacial score (nSPS) is 12.9. The number of esters is 1. The molecular formula is C14H24O3. The molecule has 0 heterocycles. The standard InChI is InChI=1S/C14H24O3/c1-6-8-11(3)14(4,5)12(15)10-13(16)17-9-7-2/h7,11H,2,6,8-10H2,1,3-5H3/t11-/m0/s1. The van der Waals surface area contributed by atoms with Crippen molar-refractivity contribution in [2.24, 2.45) is 11.3 Å². The maximum Gasteiger partial charge on any atom is 0.313 e. The molecule has 0 N–H and O–H groups in total. The van der Waals surface area contributed by atoms with E-state index in [0.29, 0.717) is 0 Å². The van der Waals surface area contributed by atoms with Crippen LogP contribution < -0.4 is 0 Å². The molecular weight excluding hydrogens is 216 g/mol. The minimum absolute atomic E-state index is 0.0486. The predicted octanol–water partition coefficient (Wildman–Crippen LogP) is 3.14. The fraction of sp³-hybridized carbons (Fsp3) is 0.714. The highest BCUT2D eigenvalue weighted by molar-refractivity contribution is 5.98. The Morgan fingerprint density at radius 3 is 2.47 bits per heavy atom. The van der Waals surface area contributed by atoms with E-state index in [1.165, 1.54) is 6.08 Å². The van der Waals surface area contributed by atoms with Gasteiger partial charge in [-0.2, -0.15) is 0 Å². The van der Waals surface area contributed by atoms with E-state index >= 15 is 0 Å². The highest BCUT2D eigenvalue weighted by atomic mass is 16.5. The SMILES string of the molecule is C=CCOC(=O)CC(=O)C(C)(C)[C@@H](C)CCC. The van der Waals surface area contributed by atoms with E-state index in [0.717, 1.165) is 12.8 Å². The van der Waals surface area contributed by atoms with Crippen LogP contribution in [0.15, 0.2) is 12.7 Å². The summed E-state index contributed by atoms with van der Waals surface area (Å²) < 4.78 is 4.82. The summed E-state index contributed by atoms with van der Waals surface area (Å²) >= 11 is 0. The van der Waals surface area contributed by atoms with Crippen molar-refractivity contribution in [2.45, 2.75) is 47.0 Å². The highest BCUT2D eigenvalue weighted by Gasteiger charge is 2.34. The first-order chi connectivity index (χ1) is 7.86. The lowest BCUT2D eigenvalue weighted by atomic mass is 9.73. The van der Waals surface area contributed by atoms with Gasteiger partial charge in [0, 0.05) is 5.41 Å². The molecule has 3 heteroatoms. The van der Waals surface area contributed by atoms with Crippen LogP contribution in [-0.4, -0.2) is 18.4 Å². The molecule has 0 aliphatic rings. The molecule has 0 bridgehead atoms. The average molecular weight is 240 g/mol. The average Bonchev–Trinajstić information content (AvgIpc) is 2.26. The Bertz CT molecular complexity index is 279. The Kier molecular flexibility index (Phi) is 6.78. The van der Waals surface area contributed by atoms with Crippen LogP contribution in [0.1, 0.15) is 47.0 Å². The van der Waals surface area contributed by atoms with Gasteiger partial charge in [-0.25, -0.2) is 0 Å². The maximum atomic E-state index is 12.0. The second-order valence-electron chi connectivity index (χ2n) is 4.98. The molecule has 0 unspecified atom stereocenters. The summed E-state index contributed by atoms with van der Waals surface area (Å²) in [7, 11) is 0. The number of hydrogen-bond acceptors (Lipinski definition) is 3. The van der Waals surface area contributed by atoms with Crippen molar-refractivity contribution in [1.82, 2.24) is 0 Å². The first kappa shape index (κ1) is 15.9. The quantitative estimate of drug-likeness (QED) is 0.372. The van der Waals surface area contributed by atoms with Crippen LogP contribution in [0.2, 0.25) is 0 Å². The molecule has 0 amide bonds. The van der Waals surface area contributed by atoms with Gasteiger partial charge in [0.2, 0.25) is 0 Å². The summed E-state index contributed by atoms with van der Waals surface area (Å²) in [5, 5.41) is 0. The molecule has 0 saturated heterocycles. The van der Waals surface area contributed by atoms with Crippen LogP contribution in [0.4, 0.5) is 0 Å². The van der Waals surface area contributed by atoms with Gasteiger partial charge in [-0.1, -0.05) is 53.2 Å². The summed E-state index contributed by atoms with van der Waals surface area (Å²) in [4.78, 5) is 23.4. The van der Waals surface area contributed by atoms with E-state index in [4.69, 9.17) is 4.74 Å². The molecule has 0 spiro atoms. The number of rotatable bonds is 8. The summed E-state index contributed by atoms with van der Waals surface area (Å²) in [6.45, 7) is 11.6. The van der Waals surface area contributed by atoms with E-state index in [9.17, 15) is 9.59 Å². The van der Waals surface area contributed by atoms with Gasteiger partial charge in [-0.15, -0.1) is 0 Å². The van der Waals surface area contributed by atoms with E-state index < -0.39 is 11.4 Å². The third kappa shape index (κ3) is 5.16. The maximum absolute atomic E-state index is 12.0. The third-order valence-electron chi connectivity index (χ3n) is 3.34. The van der Waals surface area contributed by atoms with Crippen LogP contribution in [0.25, 0.3) is 0 Å². The number of ether oxygens (including phenoxy) is 1. The zero-order chi connectivity index (χ0) is 13.5. The third-order valence-corrected chi connectivity index (χ3v) is 3.34. The lowest BCUT2D eigenvalue weighted by Crippen LogP contribution is -2.33. The minimum atomic E-state index is -0.469. The first-order valence-corrected chi connectivity index (χ1v) is 6.16. The lowest BCUT2D eigenvalue weighted by molar-refractivity contribution is -0.147. The first-order valence-electron chi connectivity index (χ1n) is 6.16. The van der Waals surface area contributed by atoms with Gasteiger partial charge >= 0.3 is 5.97 Å². The van der Waals surface area contributed by atoms with Crippen LogP contribution in [-0.2, 0) is 14.3 Å². The van der Waals surface area contributed by atoms with Crippen LogP contribution in [0.5, 0.6) is 0 Å². The van der Waals surface area contributed by atoms with E-state index in [2.05, 4.69) is 20.4 Å². The number of Topliss-reactive ketones (excluding diaryl/α,β-unsaturated/α-hetero) is 1. The highest BCUT2D eigenvalue weighted by Crippen LogP contribution is 2.32. The monoisotopic (exact) mass is 240 g/mol. The predicted molar refractivity (Wildman–Crippen MR) is 68.6 cm³/mol. The molecule has 17 heavy (non-hydrogen) atoms. The summed E-state index contributed by atoms with van der Waals surface area (Å²) in [6, 6.07) is 0. The Morgan fingerprint density at radius 1 is 1.41 bits per heavy atom. The minimum Gasteiger partial charge on any atom is -0.461 e. The lowest BCUT2D eigenvalue weighted by Gasteiger charge is -2.29. The van der Waals surface area contributed by atoms with Crippen molar-refractivity contribution < 1.29 is 14.3 Å². The zero-order valence-electron chi connectivity index (χ0n) is 11.4.